The van der Waals surface area contributed by atoms with E-state index in [2.05, 4.69) is 17.1 Å². The lowest BCUT2D eigenvalue weighted by atomic mass is 9.83. The first-order chi connectivity index (χ1) is 9.26. The molecule has 0 radical (unpaired) electrons. The monoisotopic (exact) mass is 302 g/mol. The third-order valence-electron chi connectivity index (χ3n) is 4.83. The third kappa shape index (κ3) is 4.92. The third-order valence-corrected chi connectivity index (χ3v) is 4.83. The lowest BCUT2D eigenvalue weighted by Gasteiger charge is -2.37. The first-order valence-corrected chi connectivity index (χ1v) is 8.22. The van der Waals surface area contributed by atoms with Crippen LogP contribution in [0.2, 0.25) is 0 Å². The molecule has 0 aromatic rings. The van der Waals surface area contributed by atoms with Crippen LogP contribution >= 0.6 is 12.4 Å². The Morgan fingerprint density at radius 2 is 1.65 bits per heavy atom. The predicted octanol–water partition coefficient (Wildman–Crippen LogP) is 3.37. The molecule has 1 N–H and O–H groups in total. The highest BCUT2D eigenvalue weighted by Gasteiger charge is 2.38. The van der Waals surface area contributed by atoms with Crippen molar-refractivity contribution in [1.82, 2.24) is 10.2 Å². The second kappa shape index (κ2) is 8.89. The maximum absolute atomic E-state index is 12.4. The van der Waals surface area contributed by atoms with Gasteiger partial charge in [-0.2, -0.15) is 0 Å². The first kappa shape index (κ1) is 17.8. The minimum absolute atomic E-state index is 0. The zero-order valence-electron chi connectivity index (χ0n) is 13.1. The maximum atomic E-state index is 12.4. The van der Waals surface area contributed by atoms with Crippen LogP contribution in [0.5, 0.6) is 0 Å². The zero-order chi connectivity index (χ0) is 13.7. The van der Waals surface area contributed by atoms with Crippen molar-refractivity contribution < 1.29 is 4.79 Å². The van der Waals surface area contributed by atoms with Crippen LogP contribution in [0, 0.1) is 5.92 Å². The number of carbonyl (C=O) groups excluding carboxylic acids is 1. The van der Waals surface area contributed by atoms with Gasteiger partial charge < -0.3 is 10.2 Å². The Morgan fingerprint density at radius 3 is 2.10 bits per heavy atom. The van der Waals surface area contributed by atoms with Gasteiger partial charge in [-0.25, -0.2) is 0 Å². The van der Waals surface area contributed by atoms with Crippen LogP contribution < -0.4 is 5.32 Å². The van der Waals surface area contributed by atoms with E-state index in [0.717, 1.165) is 25.3 Å². The number of hydrogen-bond acceptors (Lipinski definition) is 2. The molecule has 0 bridgehead atoms. The Hall–Kier alpha value is -0.280. The van der Waals surface area contributed by atoms with Crippen LogP contribution in [-0.2, 0) is 4.79 Å². The van der Waals surface area contributed by atoms with E-state index in [1.54, 1.807) is 0 Å². The average Bonchev–Trinajstić information content (AvgIpc) is 3.25. The number of rotatable bonds is 7. The summed E-state index contributed by atoms with van der Waals surface area (Å²) in [5, 5.41) is 3.13. The highest BCUT2D eigenvalue weighted by Crippen LogP contribution is 2.36. The highest BCUT2D eigenvalue weighted by atomic mass is 35.5. The Balaban J connectivity index is 0.00000200. The van der Waals surface area contributed by atoms with Crippen molar-refractivity contribution in [2.45, 2.75) is 76.8 Å². The van der Waals surface area contributed by atoms with E-state index in [0.29, 0.717) is 18.0 Å². The Bertz CT molecular complexity index is 286. The smallest absolute Gasteiger partial charge is 0.223 e. The predicted molar refractivity (Wildman–Crippen MR) is 86.3 cm³/mol. The van der Waals surface area contributed by atoms with Gasteiger partial charge in [0.15, 0.2) is 0 Å². The molecule has 2 saturated carbocycles. The normalized spacial score (nSPS) is 25.9. The van der Waals surface area contributed by atoms with Gasteiger partial charge in [0, 0.05) is 18.5 Å². The minimum atomic E-state index is 0. The molecule has 2 fully saturated rings. The van der Waals surface area contributed by atoms with E-state index >= 15 is 0 Å². The molecule has 0 saturated heterocycles. The van der Waals surface area contributed by atoms with Crippen LogP contribution in [0.4, 0.5) is 0 Å². The summed E-state index contributed by atoms with van der Waals surface area (Å²) >= 11 is 0. The van der Waals surface area contributed by atoms with Gasteiger partial charge in [-0.05, 0) is 64.5 Å². The molecular formula is C16H31ClN2O. The van der Waals surface area contributed by atoms with Gasteiger partial charge in [-0.3, -0.25) is 4.79 Å². The number of nitrogens with zero attached hydrogens (tertiary/aromatic N) is 1. The van der Waals surface area contributed by atoms with Gasteiger partial charge >= 0.3 is 0 Å². The molecule has 0 aliphatic heterocycles. The van der Waals surface area contributed by atoms with Crippen molar-refractivity contribution in [2.24, 2.45) is 5.92 Å². The van der Waals surface area contributed by atoms with Crippen molar-refractivity contribution in [1.29, 1.82) is 0 Å². The summed E-state index contributed by atoms with van der Waals surface area (Å²) in [4.78, 5) is 14.7. The summed E-state index contributed by atoms with van der Waals surface area (Å²) < 4.78 is 0. The molecule has 20 heavy (non-hydrogen) atoms. The van der Waals surface area contributed by atoms with Crippen molar-refractivity contribution in [2.75, 3.05) is 13.6 Å². The number of carbonyl (C=O) groups is 1. The van der Waals surface area contributed by atoms with Crippen LogP contribution in [0.3, 0.4) is 0 Å². The molecule has 1 amide bonds. The lowest BCUT2D eigenvalue weighted by Crippen LogP contribution is -2.44. The van der Waals surface area contributed by atoms with E-state index in [9.17, 15) is 4.79 Å². The Kier molecular flexibility index (Phi) is 7.90. The van der Waals surface area contributed by atoms with Gasteiger partial charge in [0.25, 0.3) is 0 Å². The van der Waals surface area contributed by atoms with Crippen molar-refractivity contribution >= 4 is 18.3 Å². The van der Waals surface area contributed by atoms with Crippen LogP contribution in [0.25, 0.3) is 0 Å². The molecule has 3 nitrogen and oxygen atoms in total. The lowest BCUT2D eigenvalue weighted by molar-refractivity contribution is -0.135. The van der Waals surface area contributed by atoms with Crippen LogP contribution in [0.1, 0.15) is 64.7 Å². The van der Waals surface area contributed by atoms with E-state index in [-0.39, 0.29) is 12.4 Å². The molecule has 4 heteroatoms. The fraction of sp³-hybridized carbons (Fsp3) is 0.938. The Labute approximate surface area is 130 Å². The zero-order valence-corrected chi connectivity index (χ0v) is 13.9. The van der Waals surface area contributed by atoms with Gasteiger partial charge in [-0.1, -0.05) is 13.3 Å². The molecule has 2 rings (SSSR count). The summed E-state index contributed by atoms with van der Waals surface area (Å²) in [5.41, 5.74) is 0. The van der Waals surface area contributed by atoms with Crippen LogP contribution in [-0.4, -0.2) is 36.5 Å². The van der Waals surface area contributed by atoms with Gasteiger partial charge in [-0.15, -0.1) is 12.4 Å². The van der Waals surface area contributed by atoms with Gasteiger partial charge in [0.1, 0.15) is 0 Å². The second-order valence-electron chi connectivity index (χ2n) is 6.32. The molecule has 2 aliphatic rings. The molecule has 0 atom stereocenters. The molecule has 118 valence electrons. The summed E-state index contributed by atoms with van der Waals surface area (Å²) in [7, 11) is 1.95. The maximum Gasteiger partial charge on any atom is 0.223 e. The highest BCUT2D eigenvalue weighted by molar-refractivity contribution is 5.85. The van der Waals surface area contributed by atoms with E-state index < -0.39 is 0 Å². The number of hydrogen-bond donors (Lipinski definition) is 1. The average molecular weight is 303 g/mol. The van der Waals surface area contributed by atoms with E-state index in [1.807, 2.05) is 7.05 Å². The molecule has 0 heterocycles. The molecular weight excluding hydrogens is 272 g/mol. The summed E-state index contributed by atoms with van der Waals surface area (Å²) in [5.74, 6) is 1.33. The van der Waals surface area contributed by atoms with Crippen molar-refractivity contribution in [3.8, 4) is 0 Å². The topological polar surface area (TPSA) is 32.3 Å². The number of halogens is 1. The standard InChI is InChI=1S/C16H30N2O.ClH/c1-3-13-6-8-14(9-7-13)18(15-10-11-15)16(19)5-4-12-17-2;/h13-15,17H,3-12H2,1-2H3;1H. The Morgan fingerprint density at radius 1 is 1.10 bits per heavy atom. The second-order valence-corrected chi connectivity index (χ2v) is 6.32. The van der Waals surface area contributed by atoms with Crippen molar-refractivity contribution in [3.05, 3.63) is 0 Å². The fourth-order valence-electron chi connectivity index (χ4n) is 3.43. The largest absolute Gasteiger partial charge is 0.337 e. The van der Waals surface area contributed by atoms with Crippen molar-refractivity contribution in [3.63, 3.8) is 0 Å². The summed E-state index contributed by atoms with van der Waals surface area (Å²) in [6.45, 7) is 3.25. The quantitative estimate of drug-likeness (QED) is 0.731. The molecule has 0 spiro atoms. The summed E-state index contributed by atoms with van der Waals surface area (Å²) in [6, 6.07) is 1.14. The van der Waals surface area contributed by atoms with E-state index in [1.165, 1.54) is 44.9 Å². The molecule has 2 aliphatic carbocycles. The van der Waals surface area contributed by atoms with Crippen LogP contribution in [0.15, 0.2) is 0 Å². The fourth-order valence-corrected chi connectivity index (χ4v) is 3.43. The van der Waals surface area contributed by atoms with Gasteiger partial charge in [0.05, 0.1) is 0 Å². The van der Waals surface area contributed by atoms with Gasteiger partial charge in [0.2, 0.25) is 5.91 Å². The molecule has 0 aromatic carbocycles. The molecule has 0 aromatic heterocycles. The summed E-state index contributed by atoms with van der Waals surface area (Å²) in [6.07, 6.45) is 10.6. The number of amides is 1. The minimum Gasteiger partial charge on any atom is -0.337 e. The number of nitrogens with one attached hydrogen (secondary N) is 1. The SMILES string of the molecule is CCC1CCC(N(C(=O)CCCNC)C2CC2)CC1.Cl. The first-order valence-electron chi connectivity index (χ1n) is 8.22. The molecule has 0 unspecified atom stereocenters. The van der Waals surface area contributed by atoms with E-state index in [4.69, 9.17) is 0 Å².